The minimum atomic E-state index is 0.549. The van der Waals surface area contributed by atoms with E-state index in [-0.39, 0.29) is 0 Å². The lowest BCUT2D eigenvalue weighted by Crippen LogP contribution is -1.75. The van der Waals surface area contributed by atoms with E-state index >= 15 is 0 Å². The highest BCUT2D eigenvalue weighted by molar-refractivity contribution is 7.20. The van der Waals surface area contributed by atoms with Crippen molar-refractivity contribution in [3.63, 3.8) is 0 Å². The molecule has 13 heavy (non-hydrogen) atoms. The van der Waals surface area contributed by atoms with Gasteiger partial charge >= 0.3 is 0 Å². The van der Waals surface area contributed by atoms with Crippen LogP contribution in [0.3, 0.4) is 0 Å². The fraction of sp³-hybridized carbons (Fsp3) is 0.200. The molecule has 2 rings (SSSR count). The van der Waals surface area contributed by atoms with E-state index in [9.17, 15) is 0 Å². The fourth-order valence-corrected chi connectivity index (χ4v) is 3.06. The van der Waals surface area contributed by atoms with Gasteiger partial charge in [0.15, 0.2) is 0 Å². The molecule has 2 aromatic rings. The molecule has 0 fully saturated rings. The van der Waals surface area contributed by atoms with Gasteiger partial charge in [0.05, 0.1) is 5.02 Å². The van der Waals surface area contributed by atoms with Crippen LogP contribution >= 0.6 is 34.5 Å². The molecule has 0 aliphatic heterocycles. The summed E-state index contributed by atoms with van der Waals surface area (Å²) < 4.78 is 1.22. The van der Waals surface area contributed by atoms with Crippen molar-refractivity contribution in [1.29, 1.82) is 0 Å². The van der Waals surface area contributed by atoms with E-state index < -0.39 is 0 Å². The Morgan fingerprint density at radius 1 is 1.38 bits per heavy atom. The smallest absolute Gasteiger partial charge is 0.0621 e. The van der Waals surface area contributed by atoms with E-state index in [0.717, 1.165) is 15.3 Å². The first-order valence-corrected chi connectivity index (χ1v) is 5.69. The Hall–Kier alpha value is -0.240. The molecule has 3 heteroatoms. The van der Waals surface area contributed by atoms with Crippen LogP contribution in [0.5, 0.6) is 0 Å². The molecule has 0 aliphatic carbocycles. The molecule has 0 unspecified atom stereocenters. The minimum Gasteiger partial charge on any atom is -0.139 e. The summed E-state index contributed by atoms with van der Waals surface area (Å²) in [5, 5.41) is 1.99. The largest absolute Gasteiger partial charge is 0.139 e. The Bertz CT molecular complexity index is 445. The molecule has 68 valence electrons. The second-order valence-corrected chi connectivity index (χ2v) is 4.77. The van der Waals surface area contributed by atoms with Crippen molar-refractivity contribution in [2.45, 2.75) is 12.8 Å². The Labute approximate surface area is 91.1 Å². The summed E-state index contributed by atoms with van der Waals surface area (Å²) in [6.07, 6.45) is 0. The quantitative estimate of drug-likeness (QED) is 0.629. The zero-order chi connectivity index (χ0) is 9.42. The van der Waals surface area contributed by atoms with E-state index in [2.05, 4.69) is 0 Å². The van der Waals surface area contributed by atoms with E-state index in [0.29, 0.717) is 5.88 Å². The Morgan fingerprint density at radius 3 is 2.85 bits per heavy atom. The van der Waals surface area contributed by atoms with Crippen LogP contribution in [0.25, 0.3) is 10.1 Å². The summed E-state index contributed by atoms with van der Waals surface area (Å²) >= 11 is 13.7. The number of benzene rings is 1. The zero-order valence-corrected chi connectivity index (χ0v) is 9.43. The predicted octanol–water partition coefficient (Wildman–Crippen LogP) is 4.60. The molecule has 0 saturated heterocycles. The molecule has 0 radical (unpaired) electrons. The maximum Gasteiger partial charge on any atom is 0.0621 e. The third kappa shape index (κ3) is 1.45. The van der Waals surface area contributed by atoms with Crippen LogP contribution in [0.15, 0.2) is 18.2 Å². The van der Waals surface area contributed by atoms with Crippen LogP contribution in [0, 0.1) is 6.92 Å². The van der Waals surface area contributed by atoms with Gasteiger partial charge in [-0.05, 0) is 12.5 Å². The number of halogens is 2. The third-order valence-corrected chi connectivity index (χ3v) is 4.12. The number of alkyl halides is 1. The number of hydrogen-bond acceptors (Lipinski definition) is 1. The highest BCUT2D eigenvalue weighted by Crippen LogP contribution is 2.36. The van der Waals surface area contributed by atoms with E-state index in [1.165, 1.54) is 10.3 Å². The first kappa shape index (κ1) is 9.32. The van der Waals surface area contributed by atoms with Crippen LogP contribution in [-0.2, 0) is 5.88 Å². The van der Waals surface area contributed by atoms with E-state index in [4.69, 9.17) is 23.2 Å². The lowest BCUT2D eigenvalue weighted by Gasteiger charge is -1.96. The van der Waals surface area contributed by atoms with Gasteiger partial charge in [-0.3, -0.25) is 0 Å². The van der Waals surface area contributed by atoms with Crippen molar-refractivity contribution >= 4 is 44.6 Å². The lowest BCUT2D eigenvalue weighted by molar-refractivity contribution is 1.47. The van der Waals surface area contributed by atoms with Crippen molar-refractivity contribution < 1.29 is 0 Å². The number of rotatable bonds is 1. The molecular formula is C10H8Cl2S. The summed E-state index contributed by atoms with van der Waals surface area (Å²) in [4.78, 5) is 1.16. The molecule has 0 saturated carbocycles. The molecule has 1 aromatic carbocycles. The SMILES string of the molecule is Cc1sc2c(CCl)cccc2c1Cl. The highest BCUT2D eigenvalue weighted by Gasteiger charge is 2.08. The maximum absolute atomic E-state index is 6.14. The van der Waals surface area contributed by atoms with E-state index in [1.807, 2.05) is 25.1 Å². The minimum absolute atomic E-state index is 0.549. The molecule has 0 N–H and O–H groups in total. The summed E-state index contributed by atoms with van der Waals surface area (Å²) in [7, 11) is 0. The van der Waals surface area contributed by atoms with Crippen molar-refractivity contribution in [2.24, 2.45) is 0 Å². The summed E-state index contributed by atoms with van der Waals surface area (Å²) in [6.45, 7) is 2.03. The predicted molar refractivity (Wildman–Crippen MR) is 61.1 cm³/mol. The van der Waals surface area contributed by atoms with Crippen molar-refractivity contribution in [3.05, 3.63) is 33.7 Å². The maximum atomic E-state index is 6.14. The van der Waals surface area contributed by atoms with Gasteiger partial charge in [0.1, 0.15) is 0 Å². The number of hydrogen-bond donors (Lipinski definition) is 0. The van der Waals surface area contributed by atoms with Crippen LogP contribution < -0.4 is 0 Å². The van der Waals surface area contributed by atoms with Crippen LogP contribution in [-0.4, -0.2) is 0 Å². The molecule has 1 heterocycles. The highest BCUT2D eigenvalue weighted by atomic mass is 35.5. The Balaban J connectivity index is 2.84. The molecule has 0 aliphatic rings. The topological polar surface area (TPSA) is 0 Å². The average molecular weight is 231 g/mol. The molecular weight excluding hydrogens is 223 g/mol. The molecule has 0 atom stereocenters. The van der Waals surface area contributed by atoms with Gasteiger partial charge in [0.2, 0.25) is 0 Å². The van der Waals surface area contributed by atoms with Crippen LogP contribution in [0.4, 0.5) is 0 Å². The average Bonchev–Trinajstić information content (AvgIpc) is 2.43. The molecule has 1 aromatic heterocycles. The van der Waals surface area contributed by atoms with Crippen LogP contribution in [0.2, 0.25) is 5.02 Å². The normalized spacial score (nSPS) is 11.0. The fourth-order valence-electron chi connectivity index (χ4n) is 1.37. The van der Waals surface area contributed by atoms with Crippen LogP contribution in [0.1, 0.15) is 10.4 Å². The van der Waals surface area contributed by atoms with Gasteiger partial charge in [-0.15, -0.1) is 22.9 Å². The van der Waals surface area contributed by atoms with Gasteiger partial charge < -0.3 is 0 Å². The van der Waals surface area contributed by atoms with Crippen molar-refractivity contribution in [2.75, 3.05) is 0 Å². The first-order chi connectivity index (χ1) is 6.24. The van der Waals surface area contributed by atoms with Gasteiger partial charge in [-0.2, -0.15) is 0 Å². The van der Waals surface area contributed by atoms with Crippen molar-refractivity contribution in [3.8, 4) is 0 Å². The monoisotopic (exact) mass is 230 g/mol. The molecule has 0 bridgehead atoms. The van der Waals surface area contributed by atoms with Crippen molar-refractivity contribution in [1.82, 2.24) is 0 Å². The summed E-state index contributed by atoms with van der Waals surface area (Å²) in [6, 6.07) is 6.08. The van der Waals surface area contributed by atoms with Gasteiger partial charge in [0, 0.05) is 20.8 Å². The zero-order valence-electron chi connectivity index (χ0n) is 7.10. The van der Waals surface area contributed by atoms with Gasteiger partial charge in [0.25, 0.3) is 0 Å². The summed E-state index contributed by atoms with van der Waals surface area (Å²) in [5.41, 5.74) is 1.17. The molecule has 0 spiro atoms. The first-order valence-electron chi connectivity index (χ1n) is 3.96. The van der Waals surface area contributed by atoms with Gasteiger partial charge in [-0.1, -0.05) is 29.8 Å². The second kappa shape index (κ2) is 3.49. The Kier molecular flexibility index (Phi) is 2.50. The van der Waals surface area contributed by atoms with Gasteiger partial charge in [-0.25, -0.2) is 0 Å². The number of aryl methyl sites for hydroxylation is 1. The Morgan fingerprint density at radius 2 is 2.15 bits per heavy atom. The summed E-state index contributed by atoms with van der Waals surface area (Å²) in [5.74, 6) is 0.549. The number of thiophene rings is 1. The third-order valence-electron chi connectivity index (χ3n) is 2.04. The second-order valence-electron chi connectivity index (χ2n) is 2.90. The molecule has 0 nitrogen and oxygen atoms in total. The number of fused-ring (bicyclic) bond motifs is 1. The lowest BCUT2D eigenvalue weighted by atomic mass is 10.2. The molecule has 0 amide bonds. The van der Waals surface area contributed by atoms with E-state index in [1.54, 1.807) is 11.3 Å². The standard InChI is InChI=1S/C10H8Cl2S/c1-6-9(12)8-4-2-3-7(5-11)10(8)13-6/h2-4H,5H2,1H3.